The number of methoxy groups -OCH3 is 1. The number of anilines is 1. The van der Waals surface area contributed by atoms with Gasteiger partial charge in [-0.3, -0.25) is 15.1 Å². The van der Waals surface area contributed by atoms with Gasteiger partial charge in [0.2, 0.25) is 0 Å². The topological polar surface area (TPSA) is 77.5 Å². The molecule has 0 aliphatic carbocycles. The number of pyridine rings is 1. The van der Waals surface area contributed by atoms with Crippen molar-refractivity contribution in [2.45, 2.75) is 38.7 Å². The molecule has 0 bridgehead atoms. The Balaban J connectivity index is 1.94. The fourth-order valence-corrected chi connectivity index (χ4v) is 3.57. The number of esters is 1. The Bertz CT molecular complexity index is 1160. The number of rotatable bonds is 6. The fourth-order valence-electron chi connectivity index (χ4n) is 3.41. The van der Waals surface area contributed by atoms with Gasteiger partial charge < -0.3 is 9.47 Å². The number of hydrogen-bond donors (Lipinski definition) is 1. The molecule has 0 spiro atoms. The van der Waals surface area contributed by atoms with Gasteiger partial charge in [0.1, 0.15) is 11.5 Å². The molecule has 8 heteroatoms. The lowest BCUT2D eigenvalue weighted by atomic mass is 9.94. The van der Waals surface area contributed by atoms with E-state index in [1.807, 2.05) is 30.3 Å². The Morgan fingerprint density at radius 2 is 1.79 bits per heavy atom. The highest BCUT2D eigenvalue weighted by molar-refractivity contribution is 6.31. The summed E-state index contributed by atoms with van der Waals surface area (Å²) in [6.07, 6.45) is 1.11. The summed E-state index contributed by atoms with van der Waals surface area (Å²) in [4.78, 5) is 29.2. The highest BCUT2D eigenvalue weighted by Crippen LogP contribution is 2.35. The zero-order chi connectivity index (χ0) is 24.9. The van der Waals surface area contributed by atoms with Gasteiger partial charge in [0.15, 0.2) is 5.82 Å². The quantitative estimate of drug-likeness (QED) is 0.410. The van der Waals surface area contributed by atoms with E-state index in [1.54, 1.807) is 32.9 Å². The molecule has 3 aromatic rings. The van der Waals surface area contributed by atoms with E-state index in [0.29, 0.717) is 17.7 Å². The molecule has 6 nitrogen and oxygen atoms in total. The van der Waals surface area contributed by atoms with Crippen molar-refractivity contribution in [3.8, 4) is 11.1 Å². The molecule has 0 aliphatic rings. The Hall–Kier alpha value is -3.45. The van der Waals surface area contributed by atoms with Crippen LogP contribution >= 0.6 is 11.6 Å². The van der Waals surface area contributed by atoms with Gasteiger partial charge >= 0.3 is 12.1 Å². The number of nitrogens with zero attached hydrogens (tertiary/aromatic N) is 1. The SMILES string of the molecule is COC(=O)C(Cc1ccccc1)c1ccc(-c2c(NC(=O)OC(C)(C)C)ccc(Cl)c2F)cn1. The lowest BCUT2D eigenvalue weighted by Gasteiger charge is -2.21. The van der Waals surface area contributed by atoms with Gasteiger partial charge in [-0.05, 0) is 51.0 Å². The number of nitrogens with one attached hydrogen (secondary N) is 1. The fraction of sp³-hybridized carbons (Fsp3) is 0.269. The lowest BCUT2D eigenvalue weighted by molar-refractivity contribution is -0.142. The van der Waals surface area contributed by atoms with Crippen molar-refractivity contribution in [2.24, 2.45) is 0 Å². The zero-order valence-electron chi connectivity index (χ0n) is 19.4. The molecule has 0 fully saturated rings. The number of halogens is 2. The number of carbonyl (C=O) groups is 2. The van der Waals surface area contributed by atoms with E-state index in [1.165, 1.54) is 25.4 Å². The minimum absolute atomic E-state index is 0.0649. The standard InChI is InChI=1S/C26H26ClFN2O4/c1-26(2,3)34-25(32)30-21-13-11-19(27)23(28)22(21)17-10-12-20(29-15-17)18(24(31)33-4)14-16-8-6-5-7-9-16/h5-13,15,18H,14H2,1-4H3,(H,30,32). The van der Waals surface area contributed by atoms with Crippen molar-refractivity contribution in [3.05, 3.63) is 82.9 Å². The van der Waals surface area contributed by atoms with Crippen LogP contribution in [0, 0.1) is 5.82 Å². The smallest absolute Gasteiger partial charge is 0.412 e. The van der Waals surface area contributed by atoms with Crippen LogP contribution in [0.25, 0.3) is 11.1 Å². The minimum atomic E-state index is -0.728. The minimum Gasteiger partial charge on any atom is -0.468 e. The first kappa shape index (κ1) is 25.2. The first-order valence-corrected chi connectivity index (χ1v) is 11.0. The zero-order valence-corrected chi connectivity index (χ0v) is 20.2. The van der Waals surface area contributed by atoms with Crippen LogP contribution < -0.4 is 5.32 Å². The summed E-state index contributed by atoms with van der Waals surface area (Å²) in [7, 11) is 1.32. The van der Waals surface area contributed by atoms with Crippen LogP contribution in [0.5, 0.6) is 0 Å². The van der Waals surface area contributed by atoms with Gasteiger partial charge in [0.05, 0.1) is 23.5 Å². The van der Waals surface area contributed by atoms with E-state index >= 15 is 4.39 Å². The predicted molar refractivity (Wildman–Crippen MR) is 129 cm³/mol. The monoisotopic (exact) mass is 484 g/mol. The molecule has 3 rings (SSSR count). The highest BCUT2D eigenvalue weighted by Gasteiger charge is 2.25. The average molecular weight is 485 g/mol. The molecule has 0 saturated heterocycles. The van der Waals surface area contributed by atoms with E-state index in [-0.39, 0.29) is 16.3 Å². The summed E-state index contributed by atoms with van der Waals surface area (Å²) in [5.41, 5.74) is 1.32. The van der Waals surface area contributed by atoms with Crippen LogP contribution in [-0.2, 0) is 20.7 Å². The van der Waals surface area contributed by atoms with Crippen molar-refractivity contribution < 1.29 is 23.5 Å². The average Bonchev–Trinajstić information content (AvgIpc) is 2.79. The van der Waals surface area contributed by atoms with Gasteiger partial charge in [-0.25, -0.2) is 9.18 Å². The molecule has 1 unspecified atom stereocenters. The van der Waals surface area contributed by atoms with Gasteiger partial charge in [-0.2, -0.15) is 0 Å². The molecular formula is C26H26ClFN2O4. The maximum absolute atomic E-state index is 15.0. The molecule has 0 aliphatic heterocycles. The highest BCUT2D eigenvalue weighted by atomic mass is 35.5. The molecule has 0 saturated carbocycles. The Kier molecular flexibility index (Phi) is 7.89. The normalized spacial score (nSPS) is 12.1. The maximum Gasteiger partial charge on any atom is 0.412 e. The number of aromatic nitrogens is 1. The summed E-state index contributed by atoms with van der Waals surface area (Å²) >= 11 is 6.01. The van der Waals surface area contributed by atoms with Crippen molar-refractivity contribution in [2.75, 3.05) is 12.4 Å². The second-order valence-electron chi connectivity index (χ2n) is 8.65. The number of amides is 1. The van der Waals surface area contributed by atoms with Crippen molar-refractivity contribution in [3.63, 3.8) is 0 Å². The maximum atomic E-state index is 15.0. The Labute approximate surface area is 203 Å². The molecule has 1 aromatic heterocycles. The molecule has 178 valence electrons. The first-order chi connectivity index (χ1) is 16.1. The van der Waals surface area contributed by atoms with E-state index in [2.05, 4.69) is 10.3 Å². The number of benzene rings is 2. The lowest BCUT2D eigenvalue weighted by Crippen LogP contribution is -2.27. The third-order valence-corrected chi connectivity index (χ3v) is 5.22. The predicted octanol–water partition coefficient (Wildman–Crippen LogP) is 6.39. The summed E-state index contributed by atoms with van der Waals surface area (Å²) in [5, 5.41) is 2.46. The van der Waals surface area contributed by atoms with Crippen molar-refractivity contribution >= 4 is 29.4 Å². The number of hydrogen-bond acceptors (Lipinski definition) is 5. The van der Waals surface area contributed by atoms with Crippen LogP contribution in [0.4, 0.5) is 14.9 Å². The largest absolute Gasteiger partial charge is 0.468 e. The molecular weight excluding hydrogens is 459 g/mol. The second-order valence-corrected chi connectivity index (χ2v) is 9.06. The van der Waals surface area contributed by atoms with E-state index < -0.39 is 29.4 Å². The summed E-state index contributed by atoms with van der Waals surface area (Å²) in [6.45, 7) is 5.18. The van der Waals surface area contributed by atoms with Crippen LogP contribution in [0.3, 0.4) is 0 Å². The third kappa shape index (κ3) is 6.32. The van der Waals surface area contributed by atoms with E-state index in [4.69, 9.17) is 21.1 Å². The molecule has 1 heterocycles. The van der Waals surface area contributed by atoms with Crippen LogP contribution in [0.1, 0.15) is 37.9 Å². The molecule has 0 radical (unpaired) electrons. The number of ether oxygens (including phenoxy) is 2. The Morgan fingerprint density at radius 1 is 1.09 bits per heavy atom. The van der Waals surface area contributed by atoms with Gasteiger partial charge in [0.25, 0.3) is 0 Å². The van der Waals surface area contributed by atoms with Crippen molar-refractivity contribution in [1.82, 2.24) is 4.98 Å². The van der Waals surface area contributed by atoms with E-state index in [0.717, 1.165) is 5.56 Å². The van der Waals surface area contributed by atoms with Crippen LogP contribution in [0.2, 0.25) is 5.02 Å². The summed E-state index contributed by atoms with van der Waals surface area (Å²) in [6, 6.07) is 15.6. The third-order valence-electron chi connectivity index (χ3n) is 4.93. The molecule has 1 N–H and O–H groups in total. The molecule has 1 amide bonds. The number of carbonyl (C=O) groups excluding carboxylic acids is 2. The first-order valence-electron chi connectivity index (χ1n) is 10.6. The summed E-state index contributed by atoms with van der Waals surface area (Å²) < 4.78 is 25.3. The van der Waals surface area contributed by atoms with Crippen molar-refractivity contribution in [1.29, 1.82) is 0 Å². The summed E-state index contributed by atoms with van der Waals surface area (Å²) in [5.74, 6) is -1.77. The van der Waals surface area contributed by atoms with Gasteiger partial charge in [-0.1, -0.05) is 48.0 Å². The second kappa shape index (κ2) is 10.7. The van der Waals surface area contributed by atoms with Crippen LogP contribution in [-0.4, -0.2) is 29.8 Å². The molecule has 34 heavy (non-hydrogen) atoms. The molecule has 2 aromatic carbocycles. The van der Waals surface area contributed by atoms with E-state index in [9.17, 15) is 9.59 Å². The van der Waals surface area contributed by atoms with Gasteiger partial charge in [-0.15, -0.1) is 0 Å². The Morgan fingerprint density at radius 3 is 2.38 bits per heavy atom. The molecule has 1 atom stereocenters. The van der Waals surface area contributed by atoms with Crippen LogP contribution in [0.15, 0.2) is 60.8 Å². The van der Waals surface area contributed by atoms with Gasteiger partial charge in [0, 0.05) is 17.3 Å².